The van der Waals surface area contributed by atoms with Crippen LogP contribution in [-0.4, -0.2) is 14.8 Å². The molecule has 3 nitrogen and oxygen atoms in total. The Balaban J connectivity index is 1.86. The van der Waals surface area contributed by atoms with E-state index in [-0.39, 0.29) is 0 Å². The van der Waals surface area contributed by atoms with E-state index in [2.05, 4.69) is 21.7 Å². The third-order valence-electron chi connectivity index (χ3n) is 4.41. The molecule has 94 valence electrons. The van der Waals surface area contributed by atoms with Gasteiger partial charge < -0.3 is 4.57 Å². The van der Waals surface area contributed by atoms with Gasteiger partial charge in [-0.3, -0.25) is 5.10 Å². The van der Waals surface area contributed by atoms with E-state index in [9.17, 15) is 0 Å². The van der Waals surface area contributed by atoms with Crippen LogP contribution in [0.4, 0.5) is 0 Å². The Morgan fingerprint density at radius 1 is 1.24 bits per heavy atom. The summed E-state index contributed by atoms with van der Waals surface area (Å²) in [6, 6.07) is 0.612. The molecule has 2 aliphatic carbocycles. The Kier molecular flexibility index (Phi) is 3.07. The summed E-state index contributed by atoms with van der Waals surface area (Å²) in [5.74, 6) is 2.75. The van der Waals surface area contributed by atoms with Gasteiger partial charge in [0.05, 0.1) is 0 Å². The van der Waals surface area contributed by atoms with Gasteiger partial charge in [0, 0.05) is 12.0 Å². The summed E-state index contributed by atoms with van der Waals surface area (Å²) in [5.41, 5.74) is 0. The normalized spacial score (nSPS) is 30.2. The highest BCUT2D eigenvalue weighted by Crippen LogP contribution is 2.42. The van der Waals surface area contributed by atoms with E-state index in [0.717, 1.165) is 10.7 Å². The van der Waals surface area contributed by atoms with Crippen LogP contribution in [0.3, 0.4) is 0 Å². The molecule has 0 atom stereocenters. The lowest BCUT2D eigenvalue weighted by Crippen LogP contribution is -2.25. The first-order chi connectivity index (χ1) is 8.25. The number of aromatic nitrogens is 3. The van der Waals surface area contributed by atoms with Crippen molar-refractivity contribution < 1.29 is 0 Å². The quantitative estimate of drug-likeness (QED) is 0.807. The monoisotopic (exact) mass is 251 g/mol. The van der Waals surface area contributed by atoms with Gasteiger partial charge in [0.1, 0.15) is 5.82 Å². The molecule has 2 saturated carbocycles. The summed E-state index contributed by atoms with van der Waals surface area (Å²) in [4.78, 5) is 0. The first-order valence-electron chi connectivity index (χ1n) is 6.92. The maximum atomic E-state index is 5.42. The number of rotatable bonds is 2. The first kappa shape index (κ1) is 11.5. The van der Waals surface area contributed by atoms with Gasteiger partial charge in [-0.25, -0.2) is 0 Å². The summed E-state index contributed by atoms with van der Waals surface area (Å²) in [7, 11) is 0. The summed E-state index contributed by atoms with van der Waals surface area (Å²) in [6.07, 6.45) is 9.21. The molecular weight excluding hydrogens is 230 g/mol. The zero-order chi connectivity index (χ0) is 11.8. The van der Waals surface area contributed by atoms with Crippen LogP contribution in [0, 0.1) is 10.7 Å². The van der Waals surface area contributed by atoms with Gasteiger partial charge in [-0.1, -0.05) is 26.2 Å². The van der Waals surface area contributed by atoms with Gasteiger partial charge in [-0.05, 0) is 43.8 Å². The highest BCUT2D eigenvalue weighted by atomic mass is 32.1. The lowest BCUT2D eigenvalue weighted by molar-refractivity contribution is 0.255. The molecule has 1 heterocycles. The zero-order valence-electron chi connectivity index (χ0n) is 10.5. The van der Waals surface area contributed by atoms with E-state index < -0.39 is 0 Å². The number of aromatic amines is 1. The van der Waals surface area contributed by atoms with Gasteiger partial charge >= 0.3 is 0 Å². The molecule has 1 aromatic heterocycles. The van der Waals surface area contributed by atoms with Crippen molar-refractivity contribution in [1.82, 2.24) is 14.8 Å². The van der Waals surface area contributed by atoms with Gasteiger partial charge in [0.15, 0.2) is 4.77 Å². The molecule has 2 fully saturated rings. The molecule has 0 saturated heterocycles. The van der Waals surface area contributed by atoms with Crippen LogP contribution in [0.15, 0.2) is 0 Å². The Morgan fingerprint density at radius 2 is 1.94 bits per heavy atom. The van der Waals surface area contributed by atoms with E-state index in [1.807, 2.05) is 0 Å². The number of H-pyrrole nitrogens is 1. The largest absolute Gasteiger partial charge is 0.301 e. The van der Waals surface area contributed by atoms with Crippen LogP contribution in [0.2, 0.25) is 0 Å². The number of nitrogens with zero attached hydrogens (tertiary/aromatic N) is 2. The minimum atomic E-state index is 0.612. The fraction of sp³-hybridized carbons (Fsp3) is 0.846. The number of nitrogens with one attached hydrogen (secondary N) is 1. The molecule has 1 N–H and O–H groups in total. The lowest BCUT2D eigenvalue weighted by atomic mass is 9.75. The number of hydrogen-bond donors (Lipinski definition) is 1. The summed E-state index contributed by atoms with van der Waals surface area (Å²) in [6.45, 7) is 2.32. The smallest absolute Gasteiger partial charge is 0.195 e. The Labute approximate surface area is 108 Å². The maximum absolute atomic E-state index is 5.42. The van der Waals surface area contributed by atoms with Crippen molar-refractivity contribution in [3.63, 3.8) is 0 Å². The maximum Gasteiger partial charge on any atom is 0.195 e. The van der Waals surface area contributed by atoms with E-state index in [4.69, 9.17) is 12.2 Å². The van der Waals surface area contributed by atoms with Gasteiger partial charge in [0.2, 0.25) is 0 Å². The van der Waals surface area contributed by atoms with Gasteiger partial charge in [0.25, 0.3) is 0 Å². The molecule has 0 unspecified atom stereocenters. The molecule has 3 rings (SSSR count). The van der Waals surface area contributed by atoms with Crippen molar-refractivity contribution in [2.75, 3.05) is 0 Å². The number of hydrogen-bond acceptors (Lipinski definition) is 2. The highest BCUT2D eigenvalue weighted by molar-refractivity contribution is 7.71. The van der Waals surface area contributed by atoms with Crippen molar-refractivity contribution in [3.05, 3.63) is 10.6 Å². The van der Waals surface area contributed by atoms with Gasteiger partial charge in [-0.15, -0.1) is 0 Å². The first-order valence-corrected chi connectivity index (χ1v) is 7.33. The Hall–Kier alpha value is -0.640. The fourth-order valence-corrected chi connectivity index (χ4v) is 3.70. The molecular formula is C13H21N3S. The third-order valence-corrected chi connectivity index (χ3v) is 4.70. The van der Waals surface area contributed by atoms with Gasteiger partial charge in [-0.2, -0.15) is 5.10 Å². The summed E-state index contributed by atoms with van der Waals surface area (Å²) < 4.78 is 3.18. The molecule has 0 radical (unpaired) electrons. The second-order valence-corrected chi connectivity index (χ2v) is 6.21. The standard InChI is InChI=1S/C13H21N3S/c1-9-7-10(8-9)12-14-15-13(17)16(12)11-5-3-2-4-6-11/h9-11H,2-8H2,1H3,(H,15,17). The minimum absolute atomic E-state index is 0.612. The second kappa shape index (κ2) is 4.56. The fourth-order valence-electron chi connectivity index (χ4n) is 3.41. The predicted octanol–water partition coefficient (Wildman–Crippen LogP) is 3.96. The van der Waals surface area contributed by atoms with Crippen LogP contribution in [0.1, 0.15) is 69.7 Å². The van der Waals surface area contributed by atoms with Crippen LogP contribution >= 0.6 is 12.2 Å². The molecule has 1 aromatic rings. The molecule has 0 spiro atoms. The van der Waals surface area contributed by atoms with E-state index in [1.54, 1.807) is 0 Å². The molecule has 0 aromatic carbocycles. The second-order valence-electron chi connectivity index (χ2n) is 5.82. The predicted molar refractivity (Wildman–Crippen MR) is 70.7 cm³/mol. The third kappa shape index (κ3) is 2.07. The van der Waals surface area contributed by atoms with Crippen LogP contribution in [0.5, 0.6) is 0 Å². The summed E-state index contributed by atoms with van der Waals surface area (Å²) in [5, 5.41) is 7.51. The Bertz CT molecular complexity index is 436. The molecule has 4 heteroatoms. The molecule has 0 bridgehead atoms. The van der Waals surface area contributed by atoms with E-state index >= 15 is 0 Å². The summed E-state index contributed by atoms with van der Waals surface area (Å²) >= 11 is 5.42. The van der Waals surface area contributed by atoms with Crippen molar-refractivity contribution in [2.24, 2.45) is 5.92 Å². The molecule has 17 heavy (non-hydrogen) atoms. The van der Waals surface area contributed by atoms with Crippen molar-refractivity contribution in [3.8, 4) is 0 Å². The Morgan fingerprint density at radius 3 is 2.59 bits per heavy atom. The van der Waals surface area contributed by atoms with E-state index in [1.165, 1.54) is 50.8 Å². The van der Waals surface area contributed by atoms with Crippen molar-refractivity contribution >= 4 is 12.2 Å². The molecule has 0 aliphatic heterocycles. The minimum Gasteiger partial charge on any atom is -0.301 e. The topological polar surface area (TPSA) is 33.6 Å². The average Bonchev–Trinajstić information content (AvgIpc) is 2.68. The van der Waals surface area contributed by atoms with E-state index in [0.29, 0.717) is 12.0 Å². The lowest BCUT2D eigenvalue weighted by Gasteiger charge is -2.34. The van der Waals surface area contributed by atoms with Crippen LogP contribution < -0.4 is 0 Å². The van der Waals surface area contributed by atoms with Crippen molar-refractivity contribution in [1.29, 1.82) is 0 Å². The zero-order valence-corrected chi connectivity index (χ0v) is 11.3. The molecule has 2 aliphatic rings. The van der Waals surface area contributed by atoms with Crippen LogP contribution in [-0.2, 0) is 0 Å². The SMILES string of the molecule is CC1CC(c2n[nH]c(=S)n2C2CCCCC2)C1. The molecule has 0 amide bonds. The van der Waals surface area contributed by atoms with Crippen molar-refractivity contribution in [2.45, 2.75) is 63.8 Å². The highest BCUT2D eigenvalue weighted by Gasteiger charge is 2.32. The average molecular weight is 251 g/mol. The van der Waals surface area contributed by atoms with Crippen LogP contribution in [0.25, 0.3) is 0 Å².